The van der Waals surface area contributed by atoms with E-state index in [1.807, 2.05) is 0 Å². The summed E-state index contributed by atoms with van der Waals surface area (Å²) in [5.74, 6) is 0. The Bertz CT molecular complexity index is 301. The highest BCUT2D eigenvalue weighted by molar-refractivity contribution is 7.84. The summed E-state index contributed by atoms with van der Waals surface area (Å²) < 4.78 is 28.7. The standard InChI is InChI=1S/C13H28N.CH4O3S/c1-3-5-7-11-14(10-6-4-2)12-8-9-13-14;1-5(2,3)4/h3-13H2,1-2H3;1H3,(H,2,3,4)/q+1;/p-1. The van der Waals surface area contributed by atoms with Gasteiger partial charge in [-0.25, -0.2) is 8.42 Å². The number of hydrogen-bond acceptors (Lipinski definition) is 3. The third-order valence-corrected chi connectivity index (χ3v) is 3.74. The molecule has 0 unspecified atom stereocenters. The molecular weight excluding hydrogens is 262 g/mol. The van der Waals surface area contributed by atoms with Gasteiger partial charge in [0.05, 0.1) is 36.3 Å². The van der Waals surface area contributed by atoms with Crippen LogP contribution in [-0.2, 0) is 10.1 Å². The van der Waals surface area contributed by atoms with Crippen LogP contribution < -0.4 is 0 Å². The zero-order valence-corrected chi connectivity index (χ0v) is 13.7. The van der Waals surface area contributed by atoms with Crippen LogP contribution in [0.4, 0.5) is 0 Å². The molecule has 1 heterocycles. The third kappa shape index (κ3) is 11.4. The Morgan fingerprint density at radius 2 is 1.37 bits per heavy atom. The molecule has 0 bridgehead atoms. The van der Waals surface area contributed by atoms with Crippen molar-refractivity contribution in [2.45, 2.75) is 58.8 Å². The molecule has 0 aromatic carbocycles. The summed E-state index contributed by atoms with van der Waals surface area (Å²) >= 11 is 0. The van der Waals surface area contributed by atoms with Crippen LogP contribution in [0.1, 0.15) is 58.8 Å². The first kappa shape index (κ1) is 18.9. The van der Waals surface area contributed by atoms with Gasteiger partial charge in [0, 0.05) is 19.1 Å². The molecule has 1 fully saturated rings. The first-order valence-corrected chi connectivity index (χ1v) is 9.40. The van der Waals surface area contributed by atoms with Crippen LogP contribution in [0.2, 0.25) is 0 Å². The van der Waals surface area contributed by atoms with Crippen LogP contribution in [0.5, 0.6) is 0 Å². The van der Waals surface area contributed by atoms with E-state index in [1.165, 1.54) is 75.6 Å². The van der Waals surface area contributed by atoms with E-state index in [2.05, 4.69) is 13.8 Å². The Morgan fingerprint density at radius 3 is 1.79 bits per heavy atom. The molecule has 0 aromatic heterocycles. The minimum absolute atomic E-state index is 0.604. The Labute approximate surface area is 119 Å². The van der Waals surface area contributed by atoms with Crippen molar-refractivity contribution >= 4 is 10.1 Å². The number of nitrogens with zero attached hydrogens (tertiary/aromatic N) is 1. The third-order valence-electron chi connectivity index (χ3n) is 3.74. The average molecular weight is 293 g/mol. The molecule has 0 atom stereocenters. The zero-order valence-electron chi connectivity index (χ0n) is 12.9. The van der Waals surface area contributed by atoms with E-state index >= 15 is 0 Å². The monoisotopic (exact) mass is 293 g/mol. The molecule has 0 radical (unpaired) electrons. The lowest BCUT2D eigenvalue weighted by molar-refractivity contribution is -0.917. The molecule has 4 nitrogen and oxygen atoms in total. The van der Waals surface area contributed by atoms with E-state index in [1.54, 1.807) is 0 Å². The Morgan fingerprint density at radius 1 is 0.947 bits per heavy atom. The molecule has 0 N–H and O–H groups in total. The topological polar surface area (TPSA) is 57.2 Å². The smallest absolute Gasteiger partial charge is 0.0916 e. The minimum atomic E-state index is -3.92. The highest BCUT2D eigenvalue weighted by atomic mass is 32.2. The van der Waals surface area contributed by atoms with Gasteiger partial charge in [-0.1, -0.05) is 26.7 Å². The maximum Gasteiger partial charge on any atom is 0.0916 e. The molecule has 1 aliphatic rings. The van der Waals surface area contributed by atoms with E-state index in [-0.39, 0.29) is 0 Å². The van der Waals surface area contributed by atoms with Gasteiger partial charge < -0.3 is 9.04 Å². The molecule has 1 aliphatic heterocycles. The van der Waals surface area contributed by atoms with Gasteiger partial charge in [-0.15, -0.1) is 0 Å². The van der Waals surface area contributed by atoms with Gasteiger partial charge >= 0.3 is 0 Å². The van der Waals surface area contributed by atoms with Gasteiger partial charge in [0.25, 0.3) is 0 Å². The fourth-order valence-corrected chi connectivity index (χ4v) is 2.76. The van der Waals surface area contributed by atoms with Gasteiger partial charge in [-0.2, -0.15) is 0 Å². The van der Waals surface area contributed by atoms with Crippen molar-refractivity contribution in [1.82, 2.24) is 0 Å². The van der Waals surface area contributed by atoms with Crippen LogP contribution >= 0.6 is 0 Å². The second-order valence-electron chi connectivity index (χ2n) is 5.71. The fourth-order valence-electron chi connectivity index (χ4n) is 2.76. The summed E-state index contributed by atoms with van der Waals surface area (Å²) in [5, 5.41) is 0. The summed E-state index contributed by atoms with van der Waals surface area (Å²) in [6.07, 6.45) is 10.6. The molecule has 0 saturated carbocycles. The molecule has 5 heteroatoms. The van der Waals surface area contributed by atoms with Crippen molar-refractivity contribution in [1.29, 1.82) is 0 Å². The highest BCUT2D eigenvalue weighted by Crippen LogP contribution is 2.21. The van der Waals surface area contributed by atoms with Gasteiger partial charge in [0.2, 0.25) is 0 Å². The number of likely N-dealkylation sites (tertiary alicyclic amines) is 1. The molecular formula is C14H31NO3S. The Balaban J connectivity index is 0.000000555. The van der Waals surface area contributed by atoms with Crippen molar-refractivity contribution in [2.24, 2.45) is 0 Å². The summed E-state index contributed by atoms with van der Waals surface area (Å²) in [6.45, 7) is 10.5. The zero-order chi connectivity index (χ0) is 14.8. The molecule has 1 saturated heterocycles. The fraction of sp³-hybridized carbons (Fsp3) is 1.00. The van der Waals surface area contributed by atoms with Crippen LogP contribution in [0.3, 0.4) is 0 Å². The van der Waals surface area contributed by atoms with Crippen molar-refractivity contribution in [3.05, 3.63) is 0 Å². The molecule has 0 aliphatic carbocycles. The van der Waals surface area contributed by atoms with Gasteiger partial charge in [0.1, 0.15) is 0 Å². The maximum atomic E-state index is 9.08. The van der Waals surface area contributed by atoms with E-state index in [4.69, 9.17) is 13.0 Å². The molecule has 116 valence electrons. The van der Waals surface area contributed by atoms with E-state index < -0.39 is 10.1 Å². The molecule has 19 heavy (non-hydrogen) atoms. The summed E-state index contributed by atoms with van der Waals surface area (Å²) in [7, 11) is -3.92. The Kier molecular flexibility index (Phi) is 9.66. The lowest BCUT2D eigenvalue weighted by Crippen LogP contribution is -2.46. The van der Waals surface area contributed by atoms with E-state index in [0.29, 0.717) is 6.26 Å². The highest BCUT2D eigenvalue weighted by Gasteiger charge is 2.30. The number of quaternary nitrogens is 1. The normalized spacial score (nSPS) is 17.9. The second-order valence-corrected chi connectivity index (χ2v) is 7.12. The quantitative estimate of drug-likeness (QED) is 0.412. The van der Waals surface area contributed by atoms with E-state index in [9.17, 15) is 0 Å². The van der Waals surface area contributed by atoms with Crippen molar-refractivity contribution in [2.75, 3.05) is 32.4 Å². The maximum absolute atomic E-state index is 9.08. The first-order valence-electron chi connectivity index (χ1n) is 7.59. The number of hydrogen-bond donors (Lipinski definition) is 0. The van der Waals surface area contributed by atoms with E-state index in [0.717, 1.165) is 0 Å². The molecule has 1 rings (SSSR count). The van der Waals surface area contributed by atoms with Crippen LogP contribution in [0, 0.1) is 0 Å². The van der Waals surface area contributed by atoms with Crippen LogP contribution in [0.15, 0.2) is 0 Å². The van der Waals surface area contributed by atoms with Crippen molar-refractivity contribution in [3.8, 4) is 0 Å². The largest absolute Gasteiger partial charge is 0.748 e. The Hall–Kier alpha value is -0.130. The predicted molar refractivity (Wildman–Crippen MR) is 79.0 cm³/mol. The van der Waals surface area contributed by atoms with Gasteiger partial charge in [-0.3, -0.25) is 0 Å². The van der Waals surface area contributed by atoms with Crippen LogP contribution in [0.25, 0.3) is 0 Å². The average Bonchev–Trinajstić information content (AvgIpc) is 2.74. The molecule has 0 aromatic rings. The predicted octanol–water partition coefficient (Wildman–Crippen LogP) is 2.75. The lowest BCUT2D eigenvalue weighted by atomic mass is 10.2. The molecule has 0 amide bonds. The summed E-state index contributed by atoms with van der Waals surface area (Å²) in [5.41, 5.74) is 0. The lowest BCUT2D eigenvalue weighted by Gasteiger charge is -2.34. The molecule has 0 spiro atoms. The second kappa shape index (κ2) is 9.72. The van der Waals surface area contributed by atoms with Crippen molar-refractivity contribution in [3.63, 3.8) is 0 Å². The number of unbranched alkanes of at least 4 members (excludes halogenated alkanes) is 3. The number of rotatable bonds is 7. The minimum Gasteiger partial charge on any atom is -0.748 e. The van der Waals surface area contributed by atoms with Gasteiger partial charge in [0.15, 0.2) is 0 Å². The van der Waals surface area contributed by atoms with Crippen molar-refractivity contribution < 1.29 is 17.5 Å². The summed E-state index contributed by atoms with van der Waals surface area (Å²) in [6, 6.07) is 0. The van der Waals surface area contributed by atoms with Crippen LogP contribution in [-0.4, -0.2) is 49.9 Å². The SMILES string of the molecule is CCCCC[N+]1(CCCC)CCCC1.CS(=O)(=O)[O-]. The first-order chi connectivity index (χ1) is 8.83. The van der Waals surface area contributed by atoms with Gasteiger partial charge in [-0.05, 0) is 19.3 Å². The summed E-state index contributed by atoms with van der Waals surface area (Å²) in [4.78, 5) is 0.